The summed E-state index contributed by atoms with van der Waals surface area (Å²) in [7, 11) is 1.42. The first-order valence-corrected chi connectivity index (χ1v) is 11.8. The van der Waals surface area contributed by atoms with Gasteiger partial charge in [-0.05, 0) is 57.2 Å². The SMILES string of the molecule is COc1cc(C2C(C(=O)/C=C/c3ccccc3)=C(O)C(=O)N2CCc2ccccc2)cc(Br)c1O. The highest BCUT2D eigenvalue weighted by molar-refractivity contribution is 9.10. The van der Waals surface area contributed by atoms with Crippen LogP contribution in [-0.2, 0) is 16.0 Å². The van der Waals surface area contributed by atoms with Gasteiger partial charge in [0.2, 0.25) is 0 Å². The van der Waals surface area contributed by atoms with Crippen molar-refractivity contribution in [1.82, 2.24) is 4.90 Å². The first-order chi connectivity index (χ1) is 16.9. The maximum atomic E-state index is 13.3. The van der Waals surface area contributed by atoms with E-state index in [9.17, 15) is 19.8 Å². The summed E-state index contributed by atoms with van der Waals surface area (Å²) in [4.78, 5) is 27.9. The molecule has 0 saturated heterocycles. The quantitative estimate of drug-likeness (QED) is 0.379. The number of hydrogen-bond donors (Lipinski definition) is 2. The molecule has 0 aliphatic carbocycles. The van der Waals surface area contributed by atoms with Crippen LogP contribution in [0.1, 0.15) is 22.7 Å². The average Bonchev–Trinajstić information content (AvgIpc) is 3.13. The Morgan fingerprint density at radius 2 is 1.71 bits per heavy atom. The van der Waals surface area contributed by atoms with E-state index in [1.807, 2.05) is 60.7 Å². The number of carbonyl (C=O) groups excluding carboxylic acids is 2. The van der Waals surface area contributed by atoms with Crippen LogP contribution >= 0.6 is 15.9 Å². The molecule has 0 bridgehead atoms. The Labute approximate surface area is 211 Å². The second-order valence-corrected chi connectivity index (χ2v) is 8.92. The van der Waals surface area contributed by atoms with Crippen molar-refractivity contribution < 1.29 is 24.5 Å². The van der Waals surface area contributed by atoms with E-state index in [2.05, 4.69) is 15.9 Å². The predicted octanol–water partition coefficient (Wildman–Crippen LogP) is 5.38. The normalized spacial score (nSPS) is 15.8. The van der Waals surface area contributed by atoms with E-state index in [1.54, 1.807) is 18.2 Å². The number of carbonyl (C=O) groups is 2. The second kappa shape index (κ2) is 10.6. The molecule has 0 radical (unpaired) electrons. The highest BCUT2D eigenvalue weighted by Gasteiger charge is 2.43. The fourth-order valence-electron chi connectivity index (χ4n) is 4.11. The van der Waals surface area contributed by atoms with Gasteiger partial charge in [-0.25, -0.2) is 0 Å². The molecule has 7 heteroatoms. The van der Waals surface area contributed by atoms with Crippen LogP contribution < -0.4 is 4.74 Å². The van der Waals surface area contributed by atoms with E-state index in [1.165, 1.54) is 18.1 Å². The number of aliphatic hydroxyl groups is 1. The number of ketones is 1. The fourth-order valence-corrected chi connectivity index (χ4v) is 4.57. The standard InChI is InChI=1S/C28H24BrNO5/c1-35-23-17-20(16-21(29)26(23)32)25-24(22(31)13-12-18-8-4-2-5-9-18)27(33)28(34)30(25)15-14-19-10-6-3-7-11-19/h2-13,16-17,25,32-33H,14-15H2,1H3/b13-12+. The van der Waals surface area contributed by atoms with Gasteiger partial charge in [0.15, 0.2) is 23.0 Å². The molecule has 4 rings (SSSR count). The highest BCUT2D eigenvalue weighted by atomic mass is 79.9. The molecule has 1 aliphatic heterocycles. The van der Waals surface area contributed by atoms with Crippen LogP contribution in [0.3, 0.4) is 0 Å². The van der Waals surface area contributed by atoms with Crippen molar-refractivity contribution in [2.75, 3.05) is 13.7 Å². The molecule has 1 unspecified atom stereocenters. The number of halogens is 1. The summed E-state index contributed by atoms with van der Waals surface area (Å²) in [6, 6.07) is 21.3. The summed E-state index contributed by atoms with van der Waals surface area (Å²) in [5.41, 5.74) is 2.34. The third kappa shape index (κ3) is 5.15. The lowest BCUT2D eigenvalue weighted by Gasteiger charge is -2.27. The first kappa shape index (κ1) is 24.3. The van der Waals surface area contributed by atoms with Crippen LogP contribution in [-0.4, -0.2) is 40.5 Å². The maximum absolute atomic E-state index is 13.3. The zero-order chi connectivity index (χ0) is 24.9. The van der Waals surface area contributed by atoms with Crippen LogP contribution in [0.4, 0.5) is 0 Å². The third-order valence-corrected chi connectivity index (χ3v) is 6.47. The van der Waals surface area contributed by atoms with Gasteiger partial charge in [0.1, 0.15) is 0 Å². The lowest BCUT2D eigenvalue weighted by atomic mass is 9.95. The van der Waals surface area contributed by atoms with Crippen LogP contribution in [0.25, 0.3) is 6.08 Å². The van der Waals surface area contributed by atoms with E-state index in [0.29, 0.717) is 16.5 Å². The molecule has 3 aromatic carbocycles. The van der Waals surface area contributed by atoms with Crippen molar-refractivity contribution in [2.24, 2.45) is 0 Å². The molecule has 1 amide bonds. The molecule has 1 heterocycles. The van der Waals surface area contributed by atoms with Gasteiger partial charge in [-0.3, -0.25) is 9.59 Å². The molecule has 178 valence electrons. The summed E-state index contributed by atoms with van der Waals surface area (Å²) in [5, 5.41) is 21.1. The molecule has 2 N–H and O–H groups in total. The number of methoxy groups -OCH3 is 1. The van der Waals surface area contributed by atoms with Gasteiger partial charge in [-0.15, -0.1) is 0 Å². The first-order valence-electron chi connectivity index (χ1n) is 11.0. The van der Waals surface area contributed by atoms with Crippen molar-refractivity contribution in [2.45, 2.75) is 12.5 Å². The number of rotatable bonds is 8. The van der Waals surface area contributed by atoms with Gasteiger partial charge in [0, 0.05) is 6.54 Å². The van der Waals surface area contributed by atoms with E-state index in [0.717, 1.165) is 11.1 Å². The van der Waals surface area contributed by atoms with Crippen molar-refractivity contribution in [3.05, 3.63) is 111 Å². The molecule has 0 spiro atoms. The van der Waals surface area contributed by atoms with Gasteiger partial charge in [-0.1, -0.05) is 66.7 Å². The minimum absolute atomic E-state index is 0.0186. The van der Waals surface area contributed by atoms with E-state index in [-0.39, 0.29) is 23.6 Å². The maximum Gasteiger partial charge on any atom is 0.290 e. The number of aromatic hydroxyl groups is 1. The number of nitrogens with zero attached hydrogens (tertiary/aromatic N) is 1. The average molecular weight is 534 g/mol. The molecule has 0 aromatic heterocycles. The fraction of sp³-hybridized carbons (Fsp3) is 0.143. The van der Waals surface area contributed by atoms with E-state index >= 15 is 0 Å². The molecule has 0 fully saturated rings. The summed E-state index contributed by atoms with van der Waals surface area (Å²) in [6.07, 6.45) is 3.53. The van der Waals surface area contributed by atoms with Gasteiger partial charge in [-0.2, -0.15) is 0 Å². The molecule has 3 aromatic rings. The van der Waals surface area contributed by atoms with Crippen LogP contribution in [0.2, 0.25) is 0 Å². The zero-order valence-electron chi connectivity index (χ0n) is 19.0. The Morgan fingerprint density at radius 1 is 1.06 bits per heavy atom. The Kier molecular flexibility index (Phi) is 7.36. The molecule has 0 saturated carbocycles. The summed E-state index contributed by atoms with van der Waals surface area (Å²) in [6.45, 7) is 0.275. The van der Waals surface area contributed by atoms with Crippen LogP contribution in [0, 0.1) is 0 Å². The predicted molar refractivity (Wildman–Crippen MR) is 137 cm³/mol. The number of phenols is 1. The molecular weight excluding hydrogens is 510 g/mol. The molecular formula is C28H24BrNO5. The number of benzene rings is 3. The van der Waals surface area contributed by atoms with Gasteiger partial charge >= 0.3 is 0 Å². The molecule has 1 aliphatic rings. The van der Waals surface area contributed by atoms with Crippen LogP contribution in [0.15, 0.2) is 94.7 Å². The smallest absolute Gasteiger partial charge is 0.290 e. The zero-order valence-corrected chi connectivity index (χ0v) is 20.6. The third-order valence-electron chi connectivity index (χ3n) is 5.87. The minimum atomic E-state index is -0.857. The Hall–Kier alpha value is -3.84. The lowest BCUT2D eigenvalue weighted by Crippen LogP contribution is -2.33. The number of aliphatic hydroxyl groups excluding tert-OH is 1. The van der Waals surface area contributed by atoms with E-state index in [4.69, 9.17) is 4.74 Å². The Morgan fingerprint density at radius 3 is 2.37 bits per heavy atom. The molecule has 1 atom stereocenters. The topological polar surface area (TPSA) is 87.1 Å². The van der Waals surface area contributed by atoms with Crippen molar-refractivity contribution in [3.8, 4) is 11.5 Å². The number of allylic oxidation sites excluding steroid dienone is 1. The number of ether oxygens (including phenoxy) is 1. The second-order valence-electron chi connectivity index (χ2n) is 8.06. The van der Waals surface area contributed by atoms with E-state index < -0.39 is 23.5 Å². The van der Waals surface area contributed by atoms with Crippen molar-refractivity contribution >= 4 is 33.7 Å². The number of hydrogen-bond acceptors (Lipinski definition) is 5. The summed E-state index contributed by atoms with van der Waals surface area (Å²) >= 11 is 3.32. The van der Waals surface area contributed by atoms with Gasteiger partial charge in [0.25, 0.3) is 5.91 Å². The van der Waals surface area contributed by atoms with Gasteiger partial charge < -0.3 is 19.8 Å². The summed E-state index contributed by atoms with van der Waals surface area (Å²) in [5.74, 6) is -1.58. The number of phenolic OH excluding ortho intramolecular Hbond substituents is 1. The van der Waals surface area contributed by atoms with Crippen molar-refractivity contribution in [3.63, 3.8) is 0 Å². The number of amides is 1. The van der Waals surface area contributed by atoms with Gasteiger partial charge in [0.05, 0.1) is 23.2 Å². The Balaban J connectivity index is 1.74. The minimum Gasteiger partial charge on any atom is -0.503 e. The lowest BCUT2D eigenvalue weighted by molar-refractivity contribution is -0.129. The Bertz CT molecular complexity index is 1300. The summed E-state index contributed by atoms with van der Waals surface area (Å²) < 4.78 is 5.63. The largest absolute Gasteiger partial charge is 0.503 e. The molecule has 6 nitrogen and oxygen atoms in total. The van der Waals surface area contributed by atoms with Crippen LogP contribution in [0.5, 0.6) is 11.5 Å². The monoisotopic (exact) mass is 533 g/mol. The highest BCUT2D eigenvalue weighted by Crippen LogP contribution is 2.43. The molecule has 35 heavy (non-hydrogen) atoms. The van der Waals surface area contributed by atoms with Crippen molar-refractivity contribution in [1.29, 1.82) is 0 Å².